The third-order valence-corrected chi connectivity index (χ3v) is 3.00. The molecule has 1 heterocycles. The zero-order valence-electron chi connectivity index (χ0n) is 8.24. The molecule has 0 bridgehead atoms. The maximum atomic E-state index is 5.77. The van der Waals surface area contributed by atoms with E-state index in [1.165, 1.54) is 19.3 Å². The summed E-state index contributed by atoms with van der Waals surface area (Å²) >= 11 is 0. The van der Waals surface area contributed by atoms with E-state index in [-0.39, 0.29) is 5.60 Å². The van der Waals surface area contributed by atoms with Gasteiger partial charge in [-0.2, -0.15) is 0 Å². The van der Waals surface area contributed by atoms with Gasteiger partial charge in [0.25, 0.3) is 0 Å². The van der Waals surface area contributed by atoms with Gasteiger partial charge in [-0.1, -0.05) is 13.8 Å². The Balaban J connectivity index is 2.48. The Kier molecular flexibility index (Phi) is 2.29. The summed E-state index contributed by atoms with van der Waals surface area (Å²) in [5, 5.41) is 0. The van der Waals surface area contributed by atoms with E-state index in [4.69, 9.17) is 4.74 Å². The topological polar surface area (TPSA) is 9.23 Å². The van der Waals surface area contributed by atoms with E-state index < -0.39 is 0 Å². The van der Waals surface area contributed by atoms with Gasteiger partial charge in [-0.15, -0.1) is 0 Å². The molecule has 1 aliphatic heterocycles. The molecule has 11 heavy (non-hydrogen) atoms. The summed E-state index contributed by atoms with van der Waals surface area (Å²) in [6.07, 6.45) is 3.76. The normalized spacial score (nSPS) is 37.1. The third-order valence-electron chi connectivity index (χ3n) is 3.00. The summed E-state index contributed by atoms with van der Waals surface area (Å²) in [6.45, 7) is 9.88. The SMILES string of the molecule is CCC1(C)CCC(C)(C)OC1. The molecule has 1 heteroatoms. The van der Waals surface area contributed by atoms with Crippen molar-refractivity contribution in [3.05, 3.63) is 0 Å². The molecule has 0 aromatic carbocycles. The molecule has 1 fully saturated rings. The van der Waals surface area contributed by atoms with Crippen molar-refractivity contribution in [2.45, 2.75) is 52.6 Å². The maximum Gasteiger partial charge on any atom is 0.0627 e. The predicted octanol–water partition coefficient (Wildman–Crippen LogP) is 2.99. The highest BCUT2D eigenvalue weighted by Gasteiger charge is 2.33. The molecule has 1 saturated heterocycles. The first kappa shape index (κ1) is 9.05. The van der Waals surface area contributed by atoms with Crippen LogP contribution in [0.5, 0.6) is 0 Å². The van der Waals surface area contributed by atoms with Gasteiger partial charge in [0, 0.05) is 0 Å². The van der Waals surface area contributed by atoms with Crippen LogP contribution in [-0.4, -0.2) is 12.2 Å². The molecule has 0 N–H and O–H groups in total. The third kappa shape index (κ3) is 2.19. The lowest BCUT2D eigenvalue weighted by Gasteiger charge is -2.41. The smallest absolute Gasteiger partial charge is 0.0627 e. The largest absolute Gasteiger partial charge is 0.375 e. The second kappa shape index (κ2) is 2.78. The zero-order chi connectivity index (χ0) is 8.54. The van der Waals surface area contributed by atoms with Gasteiger partial charge >= 0.3 is 0 Å². The van der Waals surface area contributed by atoms with Gasteiger partial charge in [-0.05, 0) is 38.5 Å². The van der Waals surface area contributed by atoms with E-state index in [1.54, 1.807) is 0 Å². The highest BCUT2D eigenvalue weighted by Crippen LogP contribution is 2.37. The van der Waals surface area contributed by atoms with Crippen molar-refractivity contribution < 1.29 is 4.74 Å². The van der Waals surface area contributed by atoms with Gasteiger partial charge < -0.3 is 4.74 Å². The lowest BCUT2D eigenvalue weighted by molar-refractivity contribution is -0.109. The first-order valence-electron chi connectivity index (χ1n) is 4.61. The Morgan fingerprint density at radius 1 is 1.18 bits per heavy atom. The fourth-order valence-electron chi connectivity index (χ4n) is 1.40. The molecule has 0 aromatic heterocycles. The molecule has 66 valence electrons. The summed E-state index contributed by atoms with van der Waals surface area (Å²) in [6, 6.07) is 0. The van der Waals surface area contributed by atoms with Crippen LogP contribution < -0.4 is 0 Å². The monoisotopic (exact) mass is 156 g/mol. The van der Waals surface area contributed by atoms with Crippen LogP contribution in [-0.2, 0) is 4.74 Å². The molecule has 1 nitrogen and oxygen atoms in total. The summed E-state index contributed by atoms with van der Waals surface area (Å²) in [5.74, 6) is 0. The van der Waals surface area contributed by atoms with Crippen LogP contribution in [0, 0.1) is 5.41 Å². The Morgan fingerprint density at radius 3 is 2.18 bits per heavy atom. The average molecular weight is 156 g/mol. The number of ether oxygens (including phenoxy) is 1. The molecule has 1 aliphatic rings. The molecule has 0 amide bonds. The molecule has 0 aliphatic carbocycles. The predicted molar refractivity (Wildman–Crippen MR) is 47.7 cm³/mol. The van der Waals surface area contributed by atoms with Gasteiger partial charge in [0.15, 0.2) is 0 Å². The van der Waals surface area contributed by atoms with Crippen LogP contribution in [0.1, 0.15) is 47.0 Å². The van der Waals surface area contributed by atoms with Crippen LogP contribution in [0.25, 0.3) is 0 Å². The molecule has 0 saturated carbocycles. The van der Waals surface area contributed by atoms with E-state index in [1.807, 2.05) is 0 Å². The van der Waals surface area contributed by atoms with E-state index >= 15 is 0 Å². The molecular weight excluding hydrogens is 136 g/mol. The van der Waals surface area contributed by atoms with Crippen molar-refractivity contribution in [2.75, 3.05) is 6.61 Å². The lowest BCUT2D eigenvalue weighted by Crippen LogP contribution is -2.38. The summed E-state index contributed by atoms with van der Waals surface area (Å²) in [4.78, 5) is 0. The van der Waals surface area contributed by atoms with Crippen molar-refractivity contribution >= 4 is 0 Å². The minimum atomic E-state index is 0.134. The molecule has 1 atom stereocenters. The van der Waals surface area contributed by atoms with Crippen LogP contribution in [0.4, 0.5) is 0 Å². The summed E-state index contributed by atoms with van der Waals surface area (Å²) in [5.41, 5.74) is 0.588. The van der Waals surface area contributed by atoms with E-state index in [9.17, 15) is 0 Å². The highest BCUT2D eigenvalue weighted by atomic mass is 16.5. The number of rotatable bonds is 1. The molecular formula is C10H20O. The van der Waals surface area contributed by atoms with Crippen molar-refractivity contribution in [3.63, 3.8) is 0 Å². The zero-order valence-corrected chi connectivity index (χ0v) is 8.24. The van der Waals surface area contributed by atoms with Crippen molar-refractivity contribution in [1.29, 1.82) is 0 Å². The first-order valence-corrected chi connectivity index (χ1v) is 4.61. The van der Waals surface area contributed by atoms with Crippen LogP contribution in [0.15, 0.2) is 0 Å². The molecule has 0 radical (unpaired) electrons. The lowest BCUT2D eigenvalue weighted by atomic mass is 9.78. The summed E-state index contributed by atoms with van der Waals surface area (Å²) in [7, 11) is 0. The second-order valence-corrected chi connectivity index (χ2v) is 4.71. The minimum absolute atomic E-state index is 0.134. The number of hydrogen-bond donors (Lipinski definition) is 0. The fourth-order valence-corrected chi connectivity index (χ4v) is 1.40. The van der Waals surface area contributed by atoms with Crippen LogP contribution in [0.3, 0.4) is 0 Å². The van der Waals surface area contributed by atoms with E-state index in [2.05, 4.69) is 27.7 Å². The Bertz CT molecular complexity index is 128. The van der Waals surface area contributed by atoms with Gasteiger partial charge in [-0.25, -0.2) is 0 Å². The summed E-state index contributed by atoms with van der Waals surface area (Å²) < 4.78 is 5.77. The standard InChI is InChI=1S/C10H20O/c1-5-10(4)7-6-9(2,3)11-8-10/h5-8H2,1-4H3. The Morgan fingerprint density at radius 2 is 1.82 bits per heavy atom. The van der Waals surface area contributed by atoms with Gasteiger partial charge in [0.2, 0.25) is 0 Å². The Hall–Kier alpha value is -0.0400. The highest BCUT2D eigenvalue weighted by molar-refractivity contribution is 4.83. The number of hydrogen-bond acceptors (Lipinski definition) is 1. The fraction of sp³-hybridized carbons (Fsp3) is 1.00. The van der Waals surface area contributed by atoms with E-state index in [0.29, 0.717) is 5.41 Å². The molecule has 1 rings (SSSR count). The van der Waals surface area contributed by atoms with Crippen molar-refractivity contribution in [2.24, 2.45) is 5.41 Å². The quantitative estimate of drug-likeness (QED) is 0.567. The molecule has 1 unspecified atom stereocenters. The van der Waals surface area contributed by atoms with Gasteiger partial charge in [0.1, 0.15) is 0 Å². The Labute approximate surface area is 70.1 Å². The van der Waals surface area contributed by atoms with E-state index in [0.717, 1.165) is 6.61 Å². The first-order chi connectivity index (χ1) is 4.97. The molecule has 0 spiro atoms. The maximum absolute atomic E-state index is 5.77. The van der Waals surface area contributed by atoms with Gasteiger partial charge in [0.05, 0.1) is 12.2 Å². The van der Waals surface area contributed by atoms with Crippen molar-refractivity contribution in [1.82, 2.24) is 0 Å². The molecule has 0 aromatic rings. The average Bonchev–Trinajstić information content (AvgIpc) is 1.97. The van der Waals surface area contributed by atoms with Gasteiger partial charge in [-0.3, -0.25) is 0 Å². The van der Waals surface area contributed by atoms with Crippen LogP contribution in [0.2, 0.25) is 0 Å². The second-order valence-electron chi connectivity index (χ2n) is 4.71. The van der Waals surface area contributed by atoms with Crippen LogP contribution >= 0.6 is 0 Å². The minimum Gasteiger partial charge on any atom is -0.375 e. The van der Waals surface area contributed by atoms with Crippen molar-refractivity contribution in [3.8, 4) is 0 Å².